The summed E-state index contributed by atoms with van der Waals surface area (Å²) in [7, 11) is -1.42. The van der Waals surface area contributed by atoms with Crippen molar-refractivity contribution in [2.75, 3.05) is 20.7 Å². The molecule has 0 heterocycles. The number of unbranched alkanes of at least 4 members (excludes halogenated alkanes) is 1. The molecule has 0 radical (unpaired) electrons. The molecule has 1 rings (SSSR count). The van der Waals surface area contributed by atoms with Crippen LogP contribution in [-0.2, 0) is 14.9 Å². The van der Waals surface area contributed by atoms with E-state index in [1.54, 1.807) is 0 Å². The van der Waals surface area contributed by atoms with Crippen LogP contribution in [0, 0.1) is 5.92 Å². The number of halogens is 1. The van der Waals surface area contributed by atoms with E-state index in [4.69, 9.17) is 16.4 Å². The van der Waals surface area contributed by atoms with Crippen molar-refractivity contribution in [1.82, 2.24) is 9.79 Å². The number of carbonyl (C=O) groups excluding carboxylic acids is 1. The molecule has 1 amide bonds. The molecule has 0 fully saturated rings. The topological polar surface area (TPSA) is 75.7 Å². The van der Waals surface area contributed by atoms with Gasteiger partial charge in [0, 0.05) is 19.2 Å². The van der Waals surface area contributed by atoms with Gasteiger partial charge in [0.2, 0.25) is 0 Å². The number of amides is 1. The third-order valence-corrected chi connectivity index (χ3v) is 6.32. The van der Waals surface area contributed by atoms with E-state index >= 15 is 0 Å². The Morgan fingerprint density at radius 1 is 1.36 bits per heavy atom. The Morgan fingerprint density at radius 3 is 2.60 bits per heavy atom. The van der Waals surface area contributed by atoms with Crippen LogP contribution in [0.25, 0.3) is 0 Å². The van der Waals surface area contributed by atoms with Crippen LogP contribution < -0.4 is 5.32 Å². The maximum absolute atomic E-state index is 12.4. The van der Waals surface area contributed by atoms with Crippen LogP contribution in [0.15, 0.2) is 23.1 Å². The summed E-state index contributed by atoms with van der Waals surface area (Å²) < 4.78 is 25.5. The Balaban J connectivity index is 2.93. The summed E-state index contributed by atoms with van der Waals surface area (Å²) in [6.07, 6.45) is 4.29. The number of hydrogen-bond donors (Lipinski definition) is 1. The molecule has 1 unspecified atom stereocenters. The lowest BCUT2D eigenvalue weighted by Crippen LogP contribution is -2.30. The SMILES string of the molecule is CCCCC(CC)CNC(=O)c1ccc(Cl)c(S(=O)(=O)N(C)OC)c1. The Bertz CT molecular complexity index is 679. The number of nitrogens with one attached hydrogen (secondary N) is 1. The normalized spacial score (nSPS) is 13.0. The van der Waals surface area contributed by atoms with E-state index in [1.807, 2.05) is 0 Å². The fourth-order valence-electron chi connectivity index (χ4n) is 2.36. The standard InChI is InChI=1S/C17H27ClN2O4S/c1-5-7-8-13(6-2)12-19-17(21)14-9-10-15(18)16(11-14)25(22,23)20(3)24-4/h9-11,13H,5-8,12H2,1-4H3,(H,19,21). The second-order valence-electron chi connectivity index (χ2n) is 5.87. The summed E-state index contributed by atoms with van der Waals surface area (Å²) in [6, 6.07) is 4.19. The summed E-state index contributed by atoms with van der Waals surface area (Å²) in [4.78, 5) is 17.0. The van der Waals surface area contributed by atoms with Crippen LogP contribution >= 0.6 is 11.6 Å². The van der Waals surface area contributed by atoms with Gasteiger partial charge < -0.3 is 5.32 Å². The molecule has 142 valence electrons. The van der Waals surface area contributed by atoms with Gasteiger partial charge in [-0.1, -0.05) is 49.2 Å². The number of sulfonamides is 1. The zero-order valence-corrected chi connectivity index (χ0v) is 16.8. The average Bonchev–Trinajstić information content (AvgIpc) is 2.60. The van der Waals surface area contributed by atoms with Gasteiger partial charge in [-0.05, 0) is 30.5 Å². The molecule has 1 aromatic rings. The lowest BCUT2D eigenvalue weighted by atomic mass is 9.99. The first-order valence-corrected chi connectivity index (χ1v) is 10.2. The van der Waals surface area contributed by atoms with Gasteiger partial charge >= 0.3 is 0 Å². The highest BCUT2D eigenvalue weighted by Crippen LogP contribution is 2.25. The minimum absolute atomic E-state index is 0.0369. The zero-order chi connectivity index (χ0) is 19.0. The smallest absolute Gasteiger partial charge is 0.266 e. The van der Waals surface area contributed by atoms with Gasteiger partial charge in [0.05, 0.1) is 12.1 Å². The summed E-state index contributed by atoms with van der Waals surface area (Å²) in [5.41, 5.74) is 0.248. The first-order chi connectivity index (χ1) is 11.8. The predicted molar refractivity (Wildman–Crippen MR) is 99.0 cm³/mol. The van der Waals surface area contributed by atoms with Crippen molar-refractivity contribution in [3.05, 3.63) is 28.8 Å². The molecule has 1 aromatic carbocycles. The van der Waals surface area contributed by atoms with Gasteiger partial charge in [0.1, 0.15) is 4.90 Å². The van der Waals surface area contributed by atoms with Gasteiger partial charge in [-0.15, -0.1) is 0 Å². The Labute approximate surface area is 155 Å². The minimum atomic E-state index is -3.92. The summed E-state index contributed by atoms with van der Waals surface area (Å²) in [5, 5.41) is 2.92. The monoisotopic (exact) mass is 390 g/mol. The van der Waals surface area contributed by atoms with Gasteiger partial charge in [-0.25, -0.2) is 8.42 Å². The van der Waals surface area contributed by atoms with Crippen LogP contribution in [0.2, 0.25) is 5.02 Å². The number of rotatable bonds is 10. The van der Waals surface area contributed by atoms with E-state index in [0.29, 0.717) is 16.9 Å². The molecular formula is C17H27ClN2O4S. The van der Waals surface area contributed by atoms with Crippen LogP contribution in [0.4, 0.5) is 0 Å². The first-order valence-electron chi connectivity index (χ1n) is 8.38. The number of carbonyl (C=O) groups is 1. The van der Waals surface area contributed by atoms with Gasteiger partial charge in [-0.2, -0.15) is 0 Å². The zero-order valence-electron chi connectivity index (χ0n) is 15.2. The molecule has 1 atom stereocenters. The molecule has 0 bridgehead atoms. The van der Waals surface area contributed by atoms with Crippen molar-refractivity contribution in [2.45, 2.75) is 44.4 Å². The quantitative estimate of drug-likeness (QED) is 0.620. The van der Waals surface area contributed by atoms with Crippen molar-refractivity contribution in [3.8, 4) is 0 Å². The summed E-state index contributed by atoms with van der Waals surface area (Å²) >= 11 is 6.00. The number of hydrogen-bond acceptors (Lipinski definition) is 4. The van der Waals surface area contributed by atoms with Gasteiger partial charge in [0.25, 0.3) is 15.9 Å². The van der Waals surface area contributed by atoms with E-state index in [9.17, 15) is 13.2 Å². The van der Waals surface area contributed by atoms with Gasteiger partial charge in [0.15, 0.2) is 0 Å². The number of nitrogens with zero attached hydrogens (tertiary/aromatic N) is 1. The maximum atomic E-state index is 12.4. The van der Waals surface area contributed by atoms with E-state index in [2.05, 4.69) is 19.2 Å². The third-order valence-electron chi connectivity index (χ3n) is 4.16. The lowest BCUT2D eigenvalue weighted by Gasteiger charge is -2.17. The Kier molecular flexibility index (Phi) is 8.85. The van der Waals surface area contributed by atoms with E-state index in [-0.39, 0.29) is 21.4 Å². The van der Waals surface area contributed by atoms with E-state index in [0.717, 1.165) is 25.7 Å². The molecule has 0 aliphatic heterocycles. The molecule has 0 aromatic heterocycles. The largest absolute Gasteiger partial charge is 0.352 e. The third kappa shape index (κ3) is 5.95. The average molecular weight is 391 g/mol. The highest BCUT2D eigenvalue weighted by molar-refractivity contribution is 7.89. The highest BCUT2D eigenvalue weighted by atomic mass is 35.5. The molecule has 0 aliphatic carbocycles. The second-order valence-corrected chi connectivity index (χ2v) is 8.18. The van der Waals surface area contributed by atoms with Crippen molar-refractivity contribution in [1.29, 1.82) is 0 Å². The first kappa shape index (κ1) is 21.9. The molecule has 0 saturated heterocycles. The van der Waals surface area contributed by atoms with Crippen LogP contribution in [-0.4, -0.2) is 39.5 Å². The number of benzene rings is 1. The van der Waals surface area contributed by atoms with E-state index in [1.165, 1.54) is 32.4 Å². The highest BCUT2D eigenvalue weighted by Gasteiger charge is 2.25. The van der Waals surface area contributed by atoms with Crippen molar-refractivity contribution >= 4 is 27.5 Å². The lowest BCUT2D eigenvalue weighted by molar-refractivity contribution is -0.0258. The van der Waals surface area contributed by atoms with E-state index < -0.39 is 10.0 Å². The van der Waals surface area contributed by atoms with Crippen LogP contribution in [0.5, 0.6) is 0 Å². The van der Waals surface area contributed by atoms with Crippen molar-refractivity contribution < 1.29 is 18.0 Å². The molecule has 6 nitrogen and oxygen atoms in total. The molecule has 0 spiro atoms. The maximum Gasteiger partial charge on any atom is 0.266 e. The van der Waals surface area contributed by atoms with Gasteiger partial charge in [-0.3, -0.25) is 9.63 Å². The molecule has 0 saturated carbocycles. The molecule has 1 N–H and O–H groups in total. The molecular weight excluding hydrogens is 364 g/mol. The van der Waals surface area contributed by atoms with Crippen LogP contribution in [0.1, 0.15) is 49.9 Å². The molecule has 25 heavy (non-hydrogen) atoms. The summed E-state index contributed by atoms with van der Waals surface area (Å²) in [5.74, 6) is 0.0992. The molecule has 8 heteroatoms. The second kappa shape index (κ2) is 10.1. The van der Waals surface area contributed by atoms with Crippen molar-refractivity contribution in [2.24, 2.45) is 5.92 Å². The Morgan fingerprint density at radius 2 is 2.04 bits per heavy atom. The molecule has 0 aliphatic rings. The fraction of sp³-hybridized carbons (Fsp3) is 0.588. The summed E-state index contributed by atoms with van der Waals surface area (Å²) in [6.45, 7) is 4.80. The Hall–Kier alpha value is -1.15. The minimum Gasteiger partial charge on any atom is -0.352 e. The fourth-order valence-corrected chi connectivity index (χ4v) is 3.83. The predicted octanol–water partition coefficient (Wildman–Crippen LogP) is 3.47. The number of hydroxylamine groups is 1. The van der Waals surface area contributed by atoms with Crippen LogP contribution in [0.3, 0.4) is 0 Å². The van der Waals surface area contributed by atoms with Crippen molar-refractivity contribution in [3.63, 3.8) is 0 Å².